The largest absolute Gasteiger partial charge is 0.396 e. The smallest absolute Gasteiger partial charge is 0.0525 e. The molecule has 0 aromatic heterocycles. The number of thioether (sulfide) groups is 1. The molecule has 0 unspecified atom stereocenters. The van der Waals surface area contributed by atoms with Gasteiger partial charge in [-0.2, -0.15) is 0 Å². The second-order valence-corrected chi connectivity index (χ2v) is 3.51. The molecule has 0 fully saturated rings. The summed E-state index contributed by atoms with van der Waals surface area (Å²) in [7, 11) is 1.90. The van der Waals surface area contributed by atoms with E-state index < -0.39 is 0 Å². The first kappa shape index (κ1) is 9.42. The molecule has 66 valence electrons. The van der Waals surface area contributed by atoms with Crippen LogP contribution in [0, 0.1) is 0 Å². The summed E-state index contributed by atoms with van der Waals surface area (Å²) in [5.74, 6) is 0.763. The Labute approximate surface area is 77.0 Å². The highest BCUT2D eigenvalue weighted by atomic mass is 32.2. The molecule has 0 heterocycles. The molecule has 0 saturated heterocycles. The Balaban J connectivity index is 2.53. The van der Waals surface area contributed by atoms with Crippen LogP contribution in [0.4, 0.5) is 5.69 Å². The first-order valence-electron chi connectivity index (χ1n) is 3.88. The van der Waals surface area contributed by atoms with E-state index in [0.29, 0.717) is 0 Å². The number of benzene rings is 1. The monoisotopic (exact) mass is 183 g/mol. The molecule has 12 heavy (non-hydrogen) atoms. The van der Waals surface area contributed by atoms with Gasteiger partial charge in [0.15, 0.2) is 0 Å². The van der Waals surface area contributed by atoms with Gasteiger partial charge in [-0.25, -0.2) is 0 Å². The number of nitrogens with one attached hydrogen (secondary N) is 1. The van der Waals surface area contributed by atoms with Crippen molar-refractivity contribution in [2.24, 2.45) is 0 Å². The van der Waals surface area contributed by atoms with Crippen LogP contribution in [-0.2, 0) is 0 Å². The van der Waals surface area contributed by atoms with E-state index >= 15 is 0 Å². The van der Waals surface area contributed by atoms with Crippen LogP contribution in [0.1, 0.15) is 0 Å². The molecule has 2 nitrogen and oxygen atoms in total. The molecule has 0 atom stereocenters. The lowest BCUT2D eigenvalue weighted by Crippen LogP contribution is -1.88. The van der Waals surface area contributed by atoms with Gasteiger partial charge in [-0.05, 0) is 24.3 Å². The Hall–Kier alpha value is -0.670. The standard InChI is InChI=1S/C9H13NOS/c1-10-8-2-4-9(5-3-8)12-7-6-11/h2-5,10-11H,6-7H2,1H3. The van der Waals surface area contributed by atoms with Crippen molar-refractivity contribution >= 4 is 17.4 Å². The van der Waals surface area contributed by atoms with E-state index in [2.05, 4.69) is 5.32 Å². The van der Waals surface area contributed by atoms with Gasteiger partial charge in [0.2, 0.25) is 0 Å². The van der Waals surface area contributed by atoms with Gasteiger partial charge >= 0.3 is 0 Å². The highest BCUT2D eigenvalue weighted by molar-refractivity contribution is 7.99. The predicted octanol–water partition coefficient (Wildman–Crippen LogP) is 1.81. The lowest BCUT2D eigenvalue weighted by molar-refractivity contribution is 0.322. The van der Waals surface area contributed by atoms with Gasteiger partial charge in [-0.3, -0.25) is 0 Å². The van der Waals surface area contributed by atoms with Crippen molar-refractivity contribution in [1.29, 1.82) is 0 Å². The summed E-state index contributed by atoms with van der Waals surface area (Å²) >= 11 is 1.66. The van der Waals surface area contributed by atoms with Crippen molar-refractivity contribution < 1.29 is 5.11 Å². The Morgan fingerprint density at radius 2 is 2.00 bits per heavy atom. The zero-order valence-corrected chi connectivity index (χ0v) is 7.90. The van der Waals surface area contributed by atoms with Crippen LogP contribution in [0.25, 0.3) is 0 Å². The van der Waals surface area contributed by atoms with Crippen LogP contribution < -0.4 is 5.32 Å². The highest BCUT2D eigenvalue weighted by Crippen LogP contribution is 2.19. The van der Waals surface area contributed by atoms with E-state index in [1.807, 2.05) is 31.3 Å². The molecule has 0 saturated carbocycles. The molecule has 0 aliphatic heterocycles. The molecule has 0 bridgehead atoms. The summed E-state index contributed by atoms with van der Waals surface area (Å²) in [6, 6.07) is 8.15. The lowest BCUT2D eigenvalue weighted by atomic mass is 10.3. The van der Waals surface area contributed by atoms with E-state index in [1.165, 1.54) is 4.90 Å². The van der Waals surface area contributed by atoms with Crippen LogP contribution in [0.15, 0.2) is 29.2 Å². The summed E-state index contributed by atoms with van der Waals surface area (Å²) in [6.07, 6.45) is 0. The van der Waals surface area contributed by atoms with Crippen molar-refractivity contribution in [1.82, 2.24) is 0 Å². The summed E-state index contributed by atoms with van der Waals surface area (Å²) in [5, 5.41) is 11.6. The summed E-state index contributed by atoms with van der Waals surface area (Å²) in [4.78, 5) is 1.20. The van der Waals surface area contributed by atoms with Gasteiger partial charge in [-0.15, -0.1) is 11.8 Å². The van der Waals surface area contributed by atoms with Gasteiger partial charge < -0.3 is 10.4 Å². The quantitative estimate of drug-likeness (QED) is 0.698. The van der Waals surface area contributed by atoms with Gasteiger partial charge in [0, 0.05) is 23.4 Å². The van der Waals surface area contributed by atoms with Crippen molar-refractivity contribution in [2.75, 3.05) is 24.7 Å². The Morgan fingerprint density at radius 1 is 1.33 bits per heavy atom. The summed E-state index contributed by atoms with van der Waals surface area (Å²) in [5.41, 5.74) is 1.11. The number of aliphatic hydroxyl groups is 1. The first-order valence-corrected chi connectivity index (χ1v) is 4.87. The van der Waals surface area contributed by atoms with Crippen molar-refractivity contribution in [2.45, 2.75) is 4.90 Å². The van der Waals surface area contributed by atoms with E-state index in [-0.39, 0.29) is 6.61 Å². The third kappa shape index (κ3) is 2.75. The number of anilines is 1. The Morgan fingerprint density at radius 3 is 2.50 bits per heavy atom. The molecule has 0 aliphatic carbocycles. The fourth-order valence-corrected chi connectivity index (χ4v) is 1.54. The SMILES string of the molecule is CNc1ccc(SCCO)cc1. The maximum atomic E-state index is 8.60. The molecule has 1 aromatic rings. The lowest BCUT2D eigenvalue weighted by Gasteiger charge is -2.01. The average molecular weight is 183 g/mol. The van der Waals surface area contributed by atoms with Crippen molar-refractivity contribution in [3.05, 3.63) is 24.3 Å². The Kier molecular flexibility index (Phi) is 3.97. The highest BCUT2D eigenvalue weighted by Gasteiger charge is 1.92. The fraction of sp³-hybridized carbons (Fsp3) is 0.333. The zero-order chi connectivity index (χ0) is 8.81. The van der Waals surface area contributed by atoms with Gasteiger partial charge in [0.1, 0.15) is 0 Å². The maximum absolute atomic E-state index is 8.60. The van der Waals surface area contributed by atoms with Crippen LogP contribution in [0.3, 0.4) is 0 Å². The maximum Gasteiger partial charge on any atom is 0.0525 e. The molecular formula is C9H13NOS. The van der Waals surface area contributed by atoms with Gasteiger partial charge in [0.05, 0.1) is 6.61 Å². The number of hydrogen-bond acceptors (Lipinski definition) is 3. The molecule has 0 spiro atoms. The summed E-state index contributed by atoms with van der Waals surface area (Å²) < 4.78 is 0. The Bertz CT molecular complexity index is 222. The average Bonchev–Trinajstić information content (AvgIpc) is 2.15. The van der Waals surface area contributed by atoms with Crippen molar-refractivity contribution in [3.8, 4) is 0 Å². The number of rotatable bonds is 4. The van der Waals surface area contributed by atoms with E-state index in [9.17, 15) is 0 Å². The number of hydrogen-bond donors (Lipinski definition) is 2. The third-order valence-corrected chi connectivity index (χ3v) is 2.50. The molecule has 0 amide bonds. The molecular weight excluding hydrogens is 170 g/mol. The first-order chi connectivity index (χ1) is 5.86. The van der Waals surface area contributed by atoms with Crippen LogP contribution in [0.2, 0.25) is 0 Å². The minimum Gasteiger partial charge on any atom is -0.396 e. The number of aliphatic hydroxyl groups excluding tert-OH is 1. The molecule has 3 heteroatoms. The third-order valence-electron chi connectivity index (χ3n) is 1.50. The van der Waals surface area contributed by atoms with Crippen LogP contribution >= 0.6 is 11.8 Å². The molecule has 0 radical (unpaired) electrons. The second kappa shape index (κ2) is 5.06. The van der Waals surface area contributed by atoms with Crippen molar-refractivity contribution in [3.63, 3.8) is 0 Å². The fourth-order valence-electron chi connectivity index (χ4n) is 0.881. The van der Waals surface area contributed by atoms with Crippen LogP contribution in [0.5, 0.6) is 0 Å². The molecule has 0 aliphatic rings. The van der Waals surface area contributed by atoms with Crippen LogP contribution in [-0.4, -0.2) is 24.5 Å². The zero-order valence-electron chi connectivity index (χ0n) is 7.08. The molecule has 1 aromatic carbocycles. The van der Waals surface area contributed by atoms with E-state index in [1.54, 1.807) is 11.8 Å². The molecule has 2 N–H and O–H groups in total. The summed E-state index contributed by atoms with van der Waals surface area (Å²) in [6.45, 7) is 0.235. The van der Waals surface area contributed by atoms with Gasteiger partial charge in [0.25, 0.3) is 0 Å². The minimum atomic E-state index is 0.235. The van der Waals surface area contributed by atoms with E-state index in [4.69, 9.17) is 5.11 Å². The molecule has 1 rings (SSSR count). The van der Waals surface area contributed by atoms with E-state index in [0.717, 1.165) is 11.4 Å². The topological polar surface area (TPSA) is 32.3 Å². The normalized spacial score (nSPS) is 9.83. The predicted molar refractivity (Wildman–Crippen MR) is 53.8 cm³/mol. The minimum absolute atomic E-state index is 0.235. The van der Waals surface area contributed by atoms with Gasteiger partial charge in [-0.1, -0.05) is 0 Å². The second-order valence-electron chi connectivity index (χ2n) is 2.35.